The molecule has 1 aliphatic rings. The van der Waals surface area contributed by atoms with E-state index in [0.29, 0.717) is 13.2 Å². The van der Waals surface area contributed by atoms with E-state index in [4.69, 9.17) is 10.00 Å². The molecule has 1 aliphatic heterocycles. The van der Waals surface area contributed by atoms with Crippen molar-refractivity contribution in [2.45, 2.75) is 10.9 Å². The number of benzene rings is 1. The summed E-state index contributed by atoms with van der Waals surface area (Å²) in [5.41, 5.74) is 0.192. The van der Waals surface area contributed by atoms with Crippen LogP contribution in [0.3, 0.4) is 0 Å². The Bertz CT molecular complexity index is 852. The summed E-state index contributed by atoms with van der Waals surface area (Å²) in [4.78, 5) is -0.316. The molecule has 1 saturated heterocycles. The van der Waals surface area contributed by atoms with Gasteiger partial charge < -0.3 is 4.74 Å². The number of sulfonamides is 1. The molecule has 3 rings (SSSR count). The molecule has 0 amide bonds. The fourth-order valence-corrected chi connectivity index (χ4v) is 3.05. The van der Waals surface area contributed by atoms with Crippen LogP contribution in [0.5, 0.6) is 0 Å². The van der Waals surface area contributed by atoms with E-state index in [1.807, 2.05) is 0 Å². The van der Waals surface area contributed by atoms with Crippen LogP contribution < -0.4 is 4.72 Å². The quantitative estimate of drug-likeness (QED) is 0.914. The normalized spacial score (nSPS) is 15.1. The topological polar surface area (TPSA) is 97.0 Å². The third-order valence-corrected chi connectivity index (χ3v) is 4.52. The first-order chi connectivity index (χ1) is 10.5. The van der Waals surface area contributed by atoms with Gasteiger partial charge in [-0.1, -0.05) is 0 Å². The van der Waals surface area contributed by atoms with Crippen LogP contribution in [0.4, 0.5) is 10.1 Å². The molecule has 1 aromatic carbocycles. The minimum absolute atomic E-state index is 0.0670. The molecule has 1 fully saturated rings. The van der Waals surface area contributed by atoms with Gasteiger partial charge in [-0.2, -0.15) is 10.4 Å². The third kappa shape index (κ3) is 2.79. The summed E-state index contributed by atoms with van der Waals surface area (Å²) in [5, 5.41) is 12.8. The standard InChI is InChI=1S/C13H11FN4O3S/c14-10-1-9(4-15)2-13(3-10)22(19,20)17-11-5-16-18(6-11)12-7-21-8-12/h1-3,5-6,12,17H,7-8H2. The number of rotatable bonds is 4. The molecule has 0 unspecified atom stereocenters. The fourth-order valence-electron chi connectivity index (χ4n) is 1.96. The first kappa shape index (κ1) is 14.5. The molecule has 114 valence electrons. The predicted molar refractivity (Wildman–Crippen MR) is 74.0 cm³/mol. The number of nitriles is 1. The lowest BCUT2D eigenvalue weighted by molar-refractivity contribution is -0.0286. The van der Waals surface area contributed by atoms with Gasteiger partial charge in [-0.05, 0) is 18.2 Å². The number of halogens is 1. The van der Waals surface area contributed by atoms with Crippen LogP contribution >= 0.6 is 0 Å². The van der Waals surface area contributed by atoms with E-state index in [9.17, 15) is 12.8 Å². The highest BCUT2D eigenvalue weighted by Crippen LogP contribution is 2.21. The van der Waals surface area contributed by atoms with Gasteiger partial charge in [0.2, 0.25) is 0 Å². The van der Waals surface area contributed by atoms with E-state index in [1.165, 1.54) is 12.4 Å². The average molecular weight is 322 g/mol. The Morgan fingerprint density at radius 3 is 2.82 bits per heavy atom. The lowest BCUT2D eigenvalue weighted by Crippen LogP contribution is -2.30. The molecular weight excluding hydrogens is 311 g/mol. The minimum Gasteiger partial charge on any atom is -0.377 e. The van der Waals surface area contributed by atoms with E-state index >= 15 is 0 Å². The van der Waals surface area contributed by atoms with Crippen molar-refractivity contribution >= 4 is 15.7 Å². The number of hydrogen-bond acceptors (Lipinski definition) is 5. The molecule has 0 aliphatic carbocycles. The average Bonchev–Trinajstić information content (AvgIpc) is 2.83. The van der Waals surface area contributed by atoms with Crippen molar-refractivity contribution < 1.29 is 17.5 Å². The van der Waals surface area contributed by atoms with E-state index in [1.54, 1.807) is 10.8 Å². The summed E-state index contributed by atoms with van der Waals surface area (Å²) >= 11 is 0. The Morgan fingerprint density at radius 2 is 2.18 bits per heavy atom. The molecule has 1 aromatic heterocycles. The second-order valence-electron chi connectivity index (χ2n) is 4.79. The molecule has 2 heterocycles. The summed E-state index contributed by atoms with van der Waals surface area (Å²) in [6.07, 6.45) is 2.90. The highest BCUT2D eigenvalue weighted by Gasteiger charge is 2.22. The van der Waals surface area contributed by atoms with Crippen molar-refractivity contribution in [2.75, 3.05) is 17.9 Å². The summed E-state index contributed by atoms with van der Waals surface area (Å²) < 4.78 is 46.8. The first-order valence-corrected chi connectivity index (χ1v) is 7.82. The number of ether oxygens (including phenoxy) is 1. The predicted octanol–water partition coefficient (Wildman–Crippen LogP) is 1.27. The van der Waals surface area contributed by atoms with Crippen LogP contribution in [-0.2, 0) is 14.8 Å². The van der Waals surface area contributed by atoms with Crippen LogP contribution in [0.2, 0.25) is 0 Å². The van der Waals surface area contributed by atoms with Gasteiger partial charge in [0.25, 0.3) is 10.0 Å². The smallest absolute Gasteiger partial charge is 0.262 e. The number of aromatic nitrogens is 2. The van der Waals surface area contributed by atoms with Crippen LogP contribution in [0.15, 0.2) is 35.5 Å². The summed E-state index contributed by atoms with van der Waals surface area (Å²) in [6, 6.07) is 4.74. The summed E-state index contributed by atoms with van der Waals surface area (Å²) in [5.74, 6) is -0.790. The van der Waals surface area contributed by atoms with Crippen molar-refractivity contribution in [1.29, 1.82) is 5.26 Å². The molecule has 0 saturated carbocycles. The van der Waals surface area contributed by atoms with Gasteiger partial charge in [-0.15, -0.1) is 0 Å². The van der Waals surface area contributed by atoms with Crippen LogP contribution in [0, 0.1) is 17.1 Å². The molecule has 2 aromatic rings. The van der Waals surface area contributed by atoms with Gasteiger partial charge in [0.05, 0.1) is 47.7 Å². The zero-order valence-corrected chi connectivity index (χ0v) is 12.0. The molecule has 0 atom stereocenters. The van der Waals surface area contributed by atoms with Crippen molar-refractivity contribution in [3.8, 4) is 6.07 Å². The van der Waals surface area contributed by atoms with E-state index < -0.39 is 15.8 Å². The third-order valence-electron chi connectivity index (χ3n) is 3.16. The SMILES string of the molecule is N#Cc1cc(F)cc(S(=O)(=O)Nc2cnn(C3COC3)c2)c1. The Kier molecular flexibility index (Phi) is 3.56. The summed E-state index contributed by atoms with van der Waals surface area (Å²) in [6.45, 7) is 1.06. The highest BCUT2D eigenvalue weighted by molar-refractivity contribution is 7.92. The number of hydrogen-bond donors (Lipinski definition) is 1. The van der Waals surface area contributed by atoms with Crippen molar-refractivity contribution in [3.05, 3.63) is 42.0 Å². The maximum Gasteiger partial charge on any atom is 0.262 e. The van der Waals surface area contributed by atoms with Crippen molar-refractivity contribution in [3.63, 3.8) is 0 Å². The fraction of sp³-hybridized carbons (Fsp3) is 0.231. The number of nitrogens with one attached hydrogen (secondary N) is 1. The maximum atomic E-state index is 13.4. The molecule has 9 heteroatoms. The molecular formula is C13H11FN4O3S. The molecule has 22 heavy (non-hydrogen) atoms. The second-order valence-corrected chi connectivity index (χ2v) is 6.48. The lowest BCUT2D eigenvalue weighted by Gasteiger charge is -2.25. The van der Waals surface area contributed by atoms with Gasteiger partial charge in [0, 0.05) is 6.20 Å². The zero-order valence-electron chi connectivity index (χ0n) is 11.2. The zero-order chi connectivity index (χ0) is 15.7. The van der Waals surface area contributed by atoms with Crippen LogP contribution in [-0.4, -0.2) is 31.4 Å². The molecule has 0 radical (unpaired) electrons. The van der Waals surface area contributed by atoms with Gasteiger partial charge in [0.1, 0.15) is 5.82 Å². The second kappa shape index (κ2) is 5.40. The number of anilines is 1. The van der Waals surface area contributed by atoms with E-state index in [0.717, 1.165) is 18.2 Å². The minimum atomic E-state index is -4.00. The Labute approximate surface area is 126 Å². The first-order valence-electron chi connectivity index (χ1n) is 6.33. The Balaban J connectivity index is 1.85. The Hall–Kier alpha value is -2.44. The van der Waals surface area contributed by atoms with Crippen LogP contribution in [0.1, 0.15) is 11.6 Å². The van der Waals surface area contributed by atoms with Crippen molar-refractivity contribution in [2.24, 2.45) is 0 Å². The number of nitrogens with zero attached hydrogens (tertiary/aromatic N) is 3. The van der Waals surface area contributed by atoms with Gasteiger partial charge in [0.15, 0.2) is 0 Å². The molecule has 0 bridgehead atoms. The monoisotopic (exact) mass is 322 g/mol. The molecule has 1 N–H and O–H groups in total. The Morgan fingerprint density at radius 1 is 1.41 bits per heavy atom. The highest BCUT2D eigenvalue weighted by atomic mass is 32.2. The maximum absolute atomic E-state index is 13.4. The van der Waals surface area contributed by atoms with Gasteiger partial charge >= 0.3 is 0 Å². The van der Waals surface area contributed by atoms with E-state index in [-0.39, 0.29) is 22.2 Å². The largest absolute Gasteiger partial charge is 0.377 e. The molecule has 0 spiro atoms. The van der Waals surface area contributed by atoms with Crippen LogP contribution in [0.25, 0.3) is 0 Å². The van der Waals surface area contributed by atoms with E-state index in [2.05, 4.69) is 9.82 Å². The summed E-state index contributed by atoms with van der Waals surface area (Å²) in [7, 11) is -4.00. The van der Waals surface area contributed by atoms with Gasteiger partial charge in [-0.25, -0.2) is 12.8 Å². The molecule has 7 nitrogen and oxygen atoms in total. The lowest BCUT2D eigenvalue weighted by atomic mass is 10.2. The van der Waals surface area contributed by atoms with Crippen molar-refractivity contribution in [1.82, 2.24) is 9.78 Å². The van der Waals surface area contributed by atoms with Gasteiger partial charge in [-0.3, -0.25) is 9.40 Å².